The topological polar surface area (TPSA) is 35.2 Å². The molecule has 0 saturated carbocycles. The van der Waals surface area contributed by atoms with E-state index in [2.05, 4.69) is 18.2 Å². The van der Waals surface area contributed by atoms with Crippen molar-refractivity contribution in [1.82, 2.24) is 0 Å². The third kappa shape index (κ3) is 2.15. The number of aryl methyl sites for hydroxylation is 1. The predicted molar refractivity (Wildman–Crippen MR) is 62.3 cm³/mol. The quantitative estimate of drug-likeness (QED) is 0.822. The minimum absolute atomic E-state index is 0.647. The Kier molecular flexibility index (Phi) is 3.27. The highest BCUT2D eigenvalue weighted by atomic mass is 16.5. The molecule has 0 fully saturated rings. The van der Waals surface area contributed by atoms with Crippen LogP contribution in [0.5, 0.6) is 5.75 Å². The summed E-state index contributed by atoms with van der Waals surface area (Å²) in [5, 5.41) is 0. The fourth-order valence-corrected chi connectivity index (χ4v) is 2.50. The van der Waals surface area contributed by atoms with Crippen LogP contribution in [0.3, 0.4) is 0 Å². The van der Waals surface area contributed by atoms with E-state index in [1.54, 1.807) is 7.11 Å². The minimum atomic E-state index is 0.647. The minimum Gasteiger partial charge on any atom is -0.497 e. The van der Waals surface area contributed by atoms with Gasteiger partial charge in [0.25, 0.3) is 0 Å². The Bertz CT molecular complexity index is 335. The van der Waals surface area contributed by atoms with Crippen LogP contribution in [0, 0.1) is 0 Å². The van der Waals surface area contributed by atoms with E-state index >= 15 is 0 Å². The second-order valence-corrected chi connectivity index (χ2v) is 4.23. The molecule has 1 aromatic rings. The lowest BCUT2D eigenvalue weighted by Gasteiger charge is -2.25. The molecule has 1 aliphatic carbocycles. The van der Waals surface area contributed by atoms with Crippen molar-refractivity contribution in [3.8, 4) is 5.75 Å². The van der Waals surface area contributed by atoms with Crippen LogP contribution in [0.2, 0.25) is 0 Å². The monoisotopic (exact) mass is 205 g/mol. The zero-order valence-corrected chi connectivity index (χ0v) is 9.33. The first kappa shape index (κ1) is 10.5. The molecule has 1 atom stereocenters. The van der Waals surface area contributed by atoms with E-state index in [9.17, 15) is 0 Å². The Morgan fingerprint density at radius 3 is 3.07 bits per heavy atom. The third-order valence-electron chi connectivity index (χ3n) is 3.31. The van der Waals surface area contributed by atoms with Crippen molar-refractivity contribution < 1.29 is 4.74 Å². The summed E-state index contributed by atoms with van der Waals surface area (Å²) in [5.74, 6) is 1.62. The molecule has 0 heterocycles. The number of benzene rings is 1. The van der Waals surface area contributed by atoms with Crippen molar-refractivity contribution >= 4 is 0 Å². The molecule has 0 unspecified atom stereocenters. The van der Waals surface area contributed by atoms with Crippen LogP contribution in [0.4, 0.5) is 0 Å². The molecule has 0 bridgehead atoms. The molecule has 0 spiro atoms. The van der Waals surface area contributed by atoms with Gasteiger partial charge in [-0.05, 0) is 61.4 Å². The van der Waals surface area contributed by atoms with Gasteiger partial charge in [0.05, 0.1) is 7.11 Å². The first-order chi connectivity index (χ1) is 7.35. The Labute approximate surface area is 91.4 Å². The molecule has 0 aromatic heterocycles. The van der Waals surface area contributed by atoms with Gasteiger partial charge in [-0.1, -0.05) is 6.07 Å². The first-order valence-corrected chi connectivity index (χ1v) is 5.72. The van der Waals surface area contributed by atoms with Gasteiger partial charge < -0.3 is 10.5 Å². The van der Waals surface area contributed by atoms with Gasteiger partial charge in [0.2, 0.25) is 0 Å². The van der Waals surface area contributed by atoms with Crippen molar-refractivity contribution in [3.05, 3.63) is 29.3 Å². The molecule has 82 valence electrons. The lowest BCUT2D eigenvalue weighted by atomic mass is 9.81. The number of hydrogen-bond acceptors (Lipinski definition) is 2. The summed E-state index contributed by atoms with van der Waals surface area (Å²) < 4.78 is 5.28. The summed E-state index contributed by atoms with van der Waals surface area (Å²) >= 11 is 0. The lowest BCUT2D eigenvalue weighted by molar-refractivity contribution is 0.412. The Hall–Kier alpha value is -1.02. The molecule has 0 saturated heterocycles. The molecule has 2 rings (SSSR count). The van der Waals surface area contributed by atoms with Gasteiger partial charge in [0.15, 0.2) is 0 Å². The molecule has 0 amide bonds. The van der Waals surface area contributed by atoms with Crippen LogP contribution in [-0.2, 0) is 6.42 Å². The fraction of sp³-hybridized carbons (Fsp3) is 0.538. The number of nitrogens with two attached hydrogens (primary N) is 1. The molecule has 1 aliphatic rings. The van der Waals surface area contributed by atoms with Gasteiger partial charge in [-0.2, -0.15) is 0 Å². The van der Waals surface area contributed by atoms with Gasteiger partial charge in [-0.25, -0.2) is 0 Å². The predicted octanol–water partition coefficient (Wildman–Crippen LogP) is 2.46. The van der Waals surface area contributed by atoms with Gasteiger partial charge >= 0.3 is 0 Å². The highest BCUT2D eigenvalue weighted by molar-refractivity contribution is 5.39. The van der Waals surface area contributed by atoms with E-state index in [-0.39, 0.29) is 0 Å². The fourth-order valence-electron chi connectivity index (χ4n) is 2.50. The smallest absolute Gasteiger partial charge is 0.119 e. The molecule has 1 aromatic carbocycles. The van der Waals surface area contributed by atoms with Gasteiger partial charge in [0, 0.05) is 0 Å². The van der Waals surface area contributed by atoms with E-state index in [0.29, 0.717) is 5.92 Å². The largest absolute Gasteiger partial charge is 0.497 e. The molecule has 15 heavy (non-hydrogen) atoms. The number of hydrogen-bond donors (Lipinski definition) is 1. The van der Waals surface area contributed by atoms with E-state index in [1.165, 1.54) is 30.4 Å². The SMILES string of the molecule is COc1ccc2c(c1)[C@@H](CCN)CCC2. The van der Waals surface area contributed by atoms with Crippen molar-refractivity contribution in [2.45, 2.75) is 31.6 Å². The highest BCUT2D eigenvalue weighted by Crippen LogP contribution is 2.35. The number of methoxy groups -OCH3 is 1. The summed E-state index contributed by atoms with van der Waals surface area (Å²) in [6.45, 7) is 0.779. The van der Waals surface area contributed by atoms with Crippen LogP contribution >= 0.6 is 0 Å². The van der Waals surface area contributed by atoms with Crippen LogP contribution in [0.25, 0.3) is 0 Å². The molecule has 0 aliphatic heterocycles. The van der Waals surface area contributed by atoms with Gasteiger partial charge in [0.1, 0.15) is 5.75 Å². The van der Waals surface area contributed by atoms with Gasteiger partial charge in [-0.15, -0.1) is 0 Å². The average Bonchev–Trinajstić information content (AvgIpc) is 2.29. The van der Waals surface area contributed by atoms with E-state index in [0.717, 1.165) is 18.7 Å². The average molecular weight is 205 g/mol. The number of fused-ring (bicyclic) bond motifs is 1. The summed E-state index contributed by atoms with van der Waals surface area (Å²) in [4.78, 5) is 0. The lowest BCUT2D eigenvalue weighted by Crippen LogP contribution is -2.13. The molecule has 2 nitrogen and oxygen atoms in total. The summed E-state index contributed by atoms with van der Waals surface area (Å²) in [6.07, 6.45) is 4.88. The summed E-state index contributed by atoms with van der Waals surface area (Å²) in [6, 6.07) is 6.45. The van der Waals surface area contributed by atoms with Crippen LogP contribution in [0.1, 0.15) is 36.3 Å². The Balaban J connectivity index is 2.30. The van der Waals surface area contributed by atoms with Crippen molar-refractivity contribution in [3.63, 3.8) is 0 Å². The second-order valence-electron chi connectivity index (χ2n) is 4.23. The summed E-state index contributed by atoms with van der Waals surface area (Å²) in [5.41, 5.74) is 8.61. The standard InChI is InChI=1S/C13H19NO/c1-15-12-6-5-10-3-2-4-11(7-8-14)13(10)9-12/h5-6,9,11H,2-4,7-8,14H2,1H3/t11-/m1/s1. The van der Waals surface area contributed by atoms with E-state index in [4.69, 9.17) is 10.5 Å². The molecule has 2 N–H and O–H groups in total. The van der Waals surface area contributed by atoms with E-state index in [1.807, 2.05) is 0 Å². The third-order valence-corrected chi connectivity index (χ3v) is 3.31. The van der Waals surface area contributed by atoms with Crippen LogP contribution < -0.4 is 10.5 Å². The van der Waals surface area contributed by atoms with E-state index < -0.39 is 0 Å². The zero-order chi connectivity index (χ0) is 10.7. The highest BCUT2D eigenvalue weighted by Gasteiger charge is 2.19. The number of rotatable bonds is 3. The first-order valence-electron chi connectivity index (χ1n) is 5.72. The van der Waals surface area contributed by atoms with Gasteiger partial charge in [-0.3, -0.25) is 0 Å². The molecule has 2 heteroatoms. The van der Waals surface area contributed by atoms with Crippen molar-refractivity contribution in [2.75, 3.05) is 13.7 Å². The second kappa shape index (κ2) is 4.67. The number of ether oxygens (including phenoxy) is 1. The van der Waals surface area contributed by atoms with Crippen molar-refractivity contribution in [1.29, 1.82) is 0 Å². The maximum absolute atomic E-state index is 5.66. The Morgan fingerprint density at radius 2 is 2.33 bits per heavy atom. The zero-order valence-electron chi connectivity index (χ0n) is 9.33. The normalized spacial score (nSPS) is 19.7. The summed E-state index contributed by atoms with van der Waals surface area (Å²) in [7, 11) is 1.72. The maximum Gasteiger partial charge on any atom is 0.119 e. The maximum atomic E-state index is 5.66. The molecule has 0 radical (unpaired) electrons. The van der Waals surface area contributed by atoms with Crippen LogP contribution in [-0.4, -0.2) is 13.7 Å². The molecular formula is C13H19NO. The van der Waals surface area contributed by atoms with Crippen molar-refractivity contribution in [2.24, 2.45) is 5.73 Å². The molecular weight excluding hydrogens is 186 g/mol. The van der Waals surface area contributed by atoms with Crippen LogP contribution in [0.15, 0.2) is 18.2 Å². The Morgan fingerprint density at radius 1 is 1.47 bits per heavy atom.